The lowest BCUT2D eigenvalue weighted by Crippen LogP contribution is -2.61. The van der Waals surface area contributed by atoms with E-state index in [9.17, 15) is 83.4 Å². The van der Waals surface area contributed by atoms with Gasteiger partial charge in [0.25, 0.3) is 0 Å². The molecular weight excluding hydrogens is 1010 g/mol. The Hall–Kier alpha value is -7.70. The molecule has 9 atom stereocenters. The van der Waals surface area contributed by atoms with E-state index in [0.717, 1.165) is 0 Å². The predicted octanol–water partition coefficient (Wildman–Crippen LogP) is -6.95. The van der Waals surface area contributed by atoms with Gasteiger partial charge in [-0.15, -0.1) is 0 Å². The molecule has 76 heavy (non-hydrogen) atoms. The van der Waals surface area contributed by atoms with Gasteiger partial charge < -0.3 is 95.3 Å². The number of amides is 9. The Kier molecular flexibility index (Phi) is 27.0. The Bertz CT molecular complexity index is 2230. The average molecular weight is 1080 g/mol. The molecule has 1 aliphatic rings. The molecule has 424 valence electrons. The number of carbonyl (C=O) groups is 11. The molecule has 0 radical (unpaired) electrons. The highest BCUT2D eigenvalue weighted by atomic mass is 16.4. The summed E-state index contributed by atoms with van der Waals surface area (Å²) in [6.45, 7) is 2.83. The number of carboxylic acids is 2. The number of aliphatic hydroxyl groups is 3. The standard InChI is InChI=1S/C46H73N13O17/c1-22(2)15-28(39(69)57-32(21-62)41(71)58-36(23(3)4)43(73)55-30(45(75)76)16-24-9-11-25(63)12-10-24)54-40(70)29(17-35(65)66)52-34(64)18-51-37(67)31(20-61)56-38(68)27(7-5-13-50-46(48)49)53-42(72)33-8-6-14-59(33)44(74)26(47)19-60/h9-12,22-23,26-33,36,60-63H,5-8,13-21,47H2,1-4H3,(H,51,67)(H,52,64)(H,53,72)(H,54,70)(H,55,73)(H,56,68)(H,57,69)(H,58,71)(H,65,66)(H,75,76)(H4,48,49,50)/t26-,27-,28-,29-,30-,31-,32-,33-,36-/m0/s1. The van der Waals surface area contributed by atoms with Gasteiger partial charge in [-0.1, -0.05) is 39.8 Å². The maximum Gasteiger partial charge on any atom is 0.326 e. The van der Waals surface area contributed by atoms with E-state index in [1.165, 1.54) is 43.0 Å². The van der Waals surface area contributed by atoms with E-state index in [-0.39, 0.29) is 62.8 Å². The van der Waals surface area contributed by atoms with Gasteiger partial charge in [-0.3, -0.25) is 52.9 Å². The summed E-state index contributed by atoms with van der Waals surface area (Å²) in [5.41, 5.74) is 16.9. The molecule has 0 spiro atoms. The maximum absolute atomic E-state index is 13.6. The summed E-state index contributed by atoms with van der Waals surface area (Å²) in [6.07, 6.45) is -0.755. The van der Waals surface area contributed by atoms with Gasteiger partial charge in [-0.2, -0.15) is 0 Å². The number of nitrogens with two attached hydrogens (primary N) is 3. The molecule has 30 nitrogen and oxygen atoms in total. The predicted molar refractivity (Wildman–Crippen MR) is 266 cm³/mol. The summed E-state index contributed by atoms with van der Waals surface area (Å²) in [5.74, 6) is -13.3. The minimum Gasteiger partial charge on any atom is -0.508 e. The molecule has 1 fully saturated rings. The number of nitrogens with zero attached hydrogens (tertiary/aromatic N) is 2. The number of likely N-dealkylation sites (tertiary alicyclic amines) is 1. The smallest absolute Gasteiger partial charge is 0.326 e. The summed E-state index contributed by atoms with van der Waals surface area (Å²) in [7, 11) is 0. The first-order valence-electron chi connectivity index (χ1n) is 24.3. The van der Waals surface area contributed by atoms with Gasteiger partial charge in [-0.25, -0.2) is 4.79 Å². The highest BCUT2D eigenvalue weighted by molar-refractivity contribution is 5.98. The van der Waals surface area contributed by atoms with Crippen LogP contribution in [-0.2, 0) is 59.2 Å². The number of nitrogens with one attached hydrogen (secondary N) is 8. The number of carbonyl (C=O) groups excluding carboxylic acids is 9. The Morgan fingerprint density at radius 3 is 1.78 bits per heavy atom. The second-order valence-corrected chi connectivity index (χ2v) is 18.6. The lowest BCUT2D eigenvalue weighted by Gasteiger charge is -2.28. The molecule has 1 aromatic carbocycles. The zero-order valence-electron chi connectivity index (χ0n) is 42.7. The third kappa shape index (κ3) is 21.6. The van der Waals surface area contributed by atoms with Crippen molar-refractivity contribution in [1.29, 1.82) is 0 Å². The van der Waals surface area contributed by atoms with Gasteiger partial charge in [0.1, 0.15) is 60.1 Å². The number of benzene rings is 1. The molecule has 30 heteroatoms. The van der Waals surface area contributed by atoms with Crippen LogP contribution < -0.4 is 59.7 Å². The summed E-state index contributed by atoms with van der Waals surface area (Å²) >= 11 is 0. The largest absolute Gasteiger partial charge is 0.508 e. The topological polar surface area (TPSA) is 499 Å². The molecule has 0 aromatic heterocycles. The minimum atomic E-state index is -1.89. The van der Waals surface area contributed by atoms with E-state index in [1.54, 1.807) is 13.8 Å². The Morgan fingerprint density at radius 1 is 0.684 bits per heavy atom. The number of phenols is 1. The number of phenolic OH excluding ortho intramolecular Hbond substituents is 1. The number of carboxylic acid groups (broad SMARTS) is 2. The van der Waals surface area contributed by atoms with Crippen LogP contribution in [0.1, 0.15) is 71.8 Å². The van der Waals surface area contributed by atoms with Crippen LogP contribution in [0, 0.1) is 11.8 Å². The molecule has 1 heterocycles. The van der Waals surface area contributed by atoms with Crippen molar-refractivity contribution in [3.8, 4) is 5.75 Å². The lowest BCUT2D eigenvalue weighted by molar-refractivity contribution is -0.143. The molecule has 0 aliphatic carbocycles. The summed E-state index contributed by atoms with van der Waals surface area (Å²) in [4.78, 5) is 149. The Balaban J connectivity index is 2.16. The van der Waals surface area contributed by atoms with Gasteiger partial charge in [0.2, 0.25) is 53.2 Å². The number of rotatable bonds is 32. The number of aliphatic carboxylic acids is 2. The number of hydrogen-bond donors (Lipinski definition) is 17. The van der Waals surface area contributed by atoms with E-state index < -0.39 is 158 Å². The van der Waals surface area contributed by atoms with Crippen LogP contribution in [0.3, 0.4) is 0 Å². The van der Waals surface area contributed by atoms with Crippen LogP contribution >= 0.6 is 0 Å². The third-order valence-electron chi connectivity index (χ3n) is 11.6. The maximum atomic E-state index is 13.6. The normalized spacial score (nSPS) is 16.2. The van der Waals surface area contributed by atoms with E-state index in [0.29, 0.717) is 12.0 Å². The number of aliphatic hydroxyl groups excluding tert-OH is 3. The van der Waals surface area contributed by atoms with Crippen LogP contribution in [0.4, 0.5) is 0 Å². The number of aromatic hydroxyl groups is 1. The quantitative estimate of drug-likeness (QED) is 0.0181. The van der Waals surface area contributed by atoms with E-state index >= 15 is 0 Å². The van der Waals surface area contributed by atoms with Crippen LogP contribution in [0.5, 0.6) is 5.75 Å². The Morgan fingerprint density at radius 2 is 1.24 bits per heavy atom. The zero-order valence-corrected chi connectivity index (χ0v) is 42.7. The second kappa shape index (κ2) is 31.9. The number of aliphatic imine (C=N–C) groups is 1. The first-order chi connectivity index (χ1) is 35.7. The van der Waals surface area contributed by atoms with Crippen molar-refractivity contribution in [2.45, 2.75) is 127 Å². The average Bonchev–Trinajstić information content (AvgIpc) is 3.85. The Labute approximate surface area is 437 Å². The highest BCUT2D eigenvalue weighted by Gasteiger charge is 2.39. The fourth-order valence-electron chi connectivity index (χ4n) is 7.58. The molecule has 1 saturated heterocycles. The number of hydrogen-bond acceptors (Lipinski definition) is 17. The van der Waals surface area contributed by atoms with Crippen LogP contribution in [0.25, 0.3) is 0 Å². The molecular formula is C46H73N13O17. The van der Waals surface area contributed by atoms with E-state index in [4.69, 9.17) is 17.2 Å². The molecule has 2 rings (SSSR count). The second-order valence-electron chi connectivity index (χ2n) is 18.6. The monoisotopic (exact) mass is 1080 g/mol. The van der Waals surface area contributed by atoms with Gasteiger partial charge >= 0.3 is 11.9 Å². The summed E-state index contributed by atoms with van der Waals surface area (Å²) in [6, 6.07) is -7.93. The van der Waals surface area contributed by atoms with Gasteiger partial charge in [-0.05, 0) is 61.6 Å². The fraction of sp³-hybridized carbons (Fsp3) is 0.609. The molecule has 9 amide bonds. The molecule has 20 N–H and O–H groups in total. The van der Waals surface area contributed by atoms with Crippen molar-refractivity contribution in [3.05, 3.63) is 29.8 Å². The van der Waals surface area contributed by atoms with Gasteiger partial charge in [0.05, 0.1) is 32.8 Å². The van der Waals surface area contributed by atoms with Crippen molar-refractivity contribution < 1.29 is 83.4 Å². The summed E-state index contributed by atoms with van der Waals surface area (Å²) in [5, 5.41) is 77.0. The SMILES string of the molecule is CC(C)C[C@H](NC(=O)[C@H](CC(=O)O)NC(=O)CNC(=O)[C@H](CO)NC(=O)[C@H](CCCN=C(N)N)NC(=O)[C@@H]1CCCN1C(=O)[C@@H](N)CO)C(=O)N[C@@H](CO)C(=O)N[C@H](C(=O)N[C@@H](Cc1ccc(O)cc1)C(=O)O)C(C)C. The van der Waals surface area contributed by atoms with Gasteiger partial charge in [0.15, 0.2) is 5.96 Å². The zero-order chi connectivity index (χ0) is 57.4. The fourth-order valence-corrected chi connectivity index (χ4v) is 7.58. The molecule has 0 saturated carbocycles. The van der Waals surface area contributed by atoms with Crippen molar-refractivity contribution in [1.82, 2.24) is 47.4 Å². The summed E-state index contributed by atoms with van der Waals surface area (Å²) < 4.78 is 0. The number of guanidine groups is 1. The highest BCUT2D eigenvalue weighted by Crippen LogP contribution is 2.19. The van der Waals surface area contributed by atoms with Crippen molar-refractivity contribution >= 4 is 71.1 Å². The molecule has 0 unspecified atom stereocenters. The van der Waals surface area contributed by atoms with Crippen molar-refractivity contribution in [2.24, 2.45) is 34.0 Å². The van der Waals surface area contributed by atoms with Crippen molar-refractivity contribution in [3.63, 3.8) is 0 Å². The third-order valence-corrected chi connectivity index (χ3v) is 11.6. The minimum absolute atomic E-state index is 0.0174. The van der Waals surface area contributed by atoms with Crippen LogP contribution in [0.15, 0.2) is 29.3 Å². The molecule has 1 aliphatic heterocycles. The van der Waals surface area contributed by atoms with Gasteiger partial charge in [0, 0.05) is 19.5 Å². The first kappa shape index (κ1) is 64.4. The lowest BCUT2D eigenvalue weighted by atomic mass is 10.0. The molecule has 1 aromatic rings. The molecule has 0 bridgehead atoms. The van der Waals surface area contributed by atoms with Crippen LogP contribution in [-0.4, -0.2) is 200 Å². The van der Waals surface area contributed by atoms with Crippen molar-refractivity contribution in [2.75, 3.05) is 39.5 Å². The van der Waals surface area contributed by atoms with E-state index in [2.05, 4.69) is 47.5 Å². The van der Waals surface area contributed by atoms with E-state index in [1.807, 2.05) is 0 Å². The van der Waals surface area contributed by atoms with Crippen LogP contribution in [0.2, 0.25) is 0 Å². The first-order valence-corrected chi connectivity index (χ1v) is 24.3.